The second-order valence-electron chi connectivity index (χ2n) is 8.53. The van der Waals surface area contributed by atoms with E-state index in [4.69, 9.17) is 0 Å². The molecule has 0 radical (unpaired) electrons. The Morgan fingerprint density at radius 3 is 2.85 bits per heavy atom. The maximum Gasteiger partial charge on any atom is 0.274 e. The number of thiazole rings is 1. The minimum atomic E-state index is -0.831. The average molecular weight is 481 g/mol. The fraction of sp³-hybridized carbons (Fsp3) is 0.250. The first kappa shape index (κ1) is 23.5. The quantitative estimate of drug-likeness (QED) is 0.368. The van der Waals surface area contributed by atoms with Gasteiger partial charge in [0.15, 0.2) is 5.13 Å². The number of aromatic nitrogens is 5. The van der Waals surface area contributed by atoms with Gasteiger partial charge in [-0.05, 0) is 62.8 Å². The minimum absolute atomic E-state index is 0.300. The highest BCUT2D eigenvalue weighted by atomic mass is 32.1. The van der Waals surface area contributed by atoms with Gasteiger partial charge in [-0.15, -0.1) is 11.3 Å². The normalized spacial score (nSPS) is 11.9. The van der Waals surface area contributed by atoms with Crippen molar-refractivity contribution in [2.45, 2.75) is 39.5 Å². The van der Waals surface area contributed by atoms with Crippen LogP contribution in [0.2, 0.25) is 0 Å². The molecular formula is C24H25FN6O2S. The summed E-state index contributed by atoms with van der Waals surface area (Å²) in [7, 11) is 0. The first-order valence-electron chi connectivity index (χ1n) is 10.6. The summed E-state index contributed by atoms with van der Waals surface area (Å²) < 4.78 is 17.0. The molecule has 176 valence electrons. The van der Waals surface area contributed by atoms with Crippen molar-refractivity contribution < 1.29 is 14.3 Å². The third-order valence-electron chi connectivity index (χ3n) is 5.06. The van der Waals surface area contributed by atoms with Crippen molar-refractivity contribution >= 4 is 34.5 Å². The summed E-state index contributed by atoms with van der Waals surface area (Å²) in [5, 5.41) is 15.2. The molecule has 0 fully saturated rings. The van der Waals surface area contributed by atoms with Crippen LogP contribution in [0.25, 0.3) is 12.2 Å². The van der Waals surface area contributed by atoms with E-state index in [1.54, 1.807) is 49.1 Å². The standard InChI is InChI=1S/C24H25FN6O2S/c1-16-19(27-15-31(16)14-24(2,3)33)7-6-18-13-34-23(28-18)29-22(32)20-5-4-10-30(20)12-17-8-9-26-21(25)11-17/h4-11,13,15,33H,12,14H2,1-3H3,(H,28,29,32)/b7-6+. The van der Waals surface area contributed by atoms with Gasteiger partial charge in [0.2, 0.25) is 5.95 Å². The van der Waals surface area contributed by atoms with Crippen molar-refractivity contribution in [3.05, 3.63) is 82.7 Å². The van der Waals surface area contributed by atoms with Gasteiger partial charge < -0.3 is 14.2 Å². The Kier molecular flexibility index (Phi) is 6.71. The molecule has 4 heterocycles. The van der Waals surface area contributed by atoms with Gasteiger partial charge in [-0.3, -0.25) is 10.1 Å². The van der Waals surface area contributed by atoms with E-state index in [-0.39, 0.29) is 5.91 Å². The third-order valence-corrected chi connectivity index (χ3v) is 5.83. The Balaban J connectivity index is 1.41. The fourth-order valence-corrected chi connectivity index (χ4v) is 4.11. The van der Waals surface area contributed by atoms with Crippen molar-refractivity contribution in [2.24, 2.45) is 0 Å². The van der Waals surface area contributed by atoms with Crippen molar-refractivity contribution in [3.8, 4) is 0 Å². The molecule has 0 saturated carbocycles. The number of hydrogen-bond donors (Lipinski definition) is 2. The lowest BCUT2D eigenvalue weighted by Gasteiger charge is -2.18. The lowest BCUT2D eigenvalue weighted by Crippen LogP contribution is -2.26. The zero-order valence-corrected chi connectivity index (χ0v) is 19.9. The van der Waals surface area contributed by atoms with E-state index in [0.29, 0.717) is 35.2 Å². The van der Waals surface area contributed by atoms with Gasteiger partial charge in [0.1, 0.15) is 5.69 Å². The molecule has 0 bridgehead atoms. The van der Waals surface area contributed by atoms with Gasteiger partial charge in [-0.2, -0.15) is 4.39 Å². The molecule has 0 aliphatic carbocycles. The van der Waals surface area contributed by atoms with Gasteiger partial charge >= 0.3 is 0 Å². The van der Waals surface area contributed by atoms with Gasteiger partial charge in [0.05, 0.1) is 29.9 Å². The molecule has 0 spiro atoms. The van der Waals surface area contributed by atoms with E-state index in [2.05, 4.69) is 20.3 Å². The summed E-state index contributed by atoms with van der Waals surface area (Å²) in [6.07, 6.45) is 8.56. The summed E-state index contributed by atoms with van der Waals surface area (Å²) in [4.78, 5) is 25.2. The van der Waals surface area contributed by atoms with Crippen LogP contribution in [0.3, 0.4) is 0 Å². The number of rotatable bonds is 8. The number of hydrogen-bond acceptors (Lipinski definition) is 6. The molecule has 1 amide bonds. The summed E-state index contributed by atoms with van der Waals surface area (Å²) in [6.45, 7) is 6.25. The van der Waals surface area contributed by atoms with Crippen molar-refractivity contribution in [1.82, 2.24) is 24.1 Å². The lowest BCUT2D eigenvalue weighted by atomic mass is 10.1. The average Bonchev–Trinajstić information content (AvgIpc) is 3.48. The van der Waals surface area contributed by atoms with Crippen LogP contribution in [0, 0.1) is 12.9 Å². The van der Waals surface area contributed by atoms with E-state index >= 15 is 0 Å². The smallest absolute Gasteiger partial charge is 0.274 e. The Morgan fingerprint density at radius 2 is 2.09 bits per heavy atom. The second-order valence-corrected chi connectivity index (χ2v) is 9.39. The van der Waals surface area contributed by atoms with E-state index in [1.807, 2.05) is 29.0 Å². The van der Waals surface area contributed by atoms with Gasteiger partial charge in [-0.1, -0.05) is 0 Å². The molecule has 4 aromatic heterocycles. The van der Waals surface area contributed by atoms with Crippen molar-refractivity contribution in [3.63, 3.8) is 0 Å². The van der Waals surface area contributed by atoms with Crippen LogP contribution >= 0.6 is 11.3 Å². The molecule has 0 aromatic carbocycles. The zero-order chi connectivity index (χ0) is 24.3. The highest BCUT2D eigenvalue weighted by Crippen LogP contribution is 2.20. The minimum Gasteiger partial charge on any atom is -0.389 e. The van der Waals surface area contributed by atoms with Crippen LogP contribution in [0.4, 0.5) is 9.52 Å². The maximum absolute atomic E-state index is 13.4. The van der Waals surface area contributed by atoms with Gasteiger partial charge in [0, 0.05) is 30.0 Å². The molecule has 0 unspecified atom stereocenters. The molecule has 4 aromatic rings. The summed E-state index contributed by atoms with van der Waals surface area (Å²) in [6, 6.07) is 6.52. The monoisotopic (exact) mass is 480 g/mol. The predicted octanol–water partition coefficient (Wildman–Crippen LogP) is 4.23. The van der Waals surface area contributed by atoms with E-state index in [9.17, 15) is 14.3 Å². The summed E-state index contributed by atoms with van der Waals surface area (Å²) in [5.41, 5.74) is 2.74. The summed E-state index contributed by atoms with van der Waals surface area (Å²) in [5.74, 6) is -0.858. The number of carbonyl (C=O) groups excluding carboxylic acids is 1. The van der Waals surface area contributed by atoms with E-state index in [1.165, 1.54) is 23.6 Å². The number of carbonyl (C=O) groups is 1. The van der Waals surface area contributed by atoms with E-state index < -0.39 is 11.5 Å². The van der Waals surface area contributed by atoms with Crippen LogP contribution < -0.4 is 5.32 Å². The lowest BCUT2D eigenvalue weighted by molar-refractivity contribution is 0.0609. The third kappa shape index (κ3) is 5.83. The molecule has 2 N–H and O–H groups in total. The van der Waals surface area contributed by atoms with Crippen molar-refractivity contribution in [2.75, 3.05) is 5.32 Å². The SMILES string of the molecule is Cc1c(/C=C/c2csc(NC(=O)c3cccn3Cc3ccnc(F)c3)n2)ncn1CC(C)(C)O. The Labute approximate surface area is 200 Å². The molecule has 8 nitrogen and oxygen atoms in total. The van der Waals surface area contributed by atoms with Gasteiger partial charge in [0.25, 0.3) is 5.91 Å². The number of imidazole rings is 1. The van der Waals surface area contributed by atoms with E-state index in [0.717, 1.165) is 11.4 Å². The molecule has 0 aliphatic rings. The van der Waals surface area contributed by atoms with Crippen LogP contribution in [0.15, 0.2) is 48.4 Å². The number of aliphatic hydroxyl groups is 1. The molecule has 34 heavy (non-hydrogen) atoms. The molecule has 0 aliphatic heterocycles. The molecule has 0 atom stereocenters. The first-order valence-corrected chi connectivity index (χ1v) is 11.5. The Hall–Kier alpha value is -3.63. The maximum atomic E-state index is 13.4. The highest BCUT2D eigenvalue weighted by molar-refractivity contribution is 7.14. The zero-order valence-electron chi connectivity index (χ0n) is 19.1. The Bertz CT molecular complexity index is 1330. The molecular weight excluding hydrogens is 455 g/mol. The molecule has 0 saturated heterocycles. The molecule has 4 rings (SSSR count). The number of nitrogens with zero attached hydrogens (tertiary/aromatic N) is 5. The number of halogens is 1. The summed E-state index contributed by atoms with van der Waals surface area (Å²) >= 11 is 1.32. The van der Waals surface area contributed by atoms with Crippen LogP contribution in [-0.4, -0.2) is 40.7 Å². The highest BCUT2D eigenvalue weighted by Gasteiger charge is 2.16. The molecule has 10 heteroatoms. The number of pyridine rings is 1. The second kappa shape index (κ2) is 9.70. The number of anilines is 1. The topological polar surface area (TPSA) is 97.9 Å². The number of amides is 1. The fourth-order valence-electron chi connectivity index (χ4n) is 3.44. The van der Waals surface area contributed by atoms with Crippen LogP contribution in [0.1, 0.15) is 47.0 Å². The van der Waals surface area contributed by atoms with Gasteiger partial charge in [-0.25, -0.2) is 15.0 Å². The number of nitrogens with one attached hydrogen (secondary N) is 1. The largest absolute Gasteiger partial charge is 0.389 e. The van der Waals surface area contributed by atoms with Crippen LogP contribution in [-0.2, 0) is 13.1 Å². The Morgan fingerprint density at radius 1 is 1.26 bits per heavy atom. The van der Waals surface area contributed by atoms with Crippen molar-refractivity contribution in [1.29, 1.82) is 0 Å². The predicted molar refractivity (Wildman–Crippen MR) is 130 cm³/mol. The first-order chi connectivity index (χ1) is 16.2. The van der Waals surface area contributed by atoms with Crippen LogP contribution in [0.5, 0.6) is 0 Å².